The summed E-state index contributed by atoms with van der Waals surface area (Å²) < 4.78 is 23.8. The van der Waals surface area contributed by atoms with Gasteiger partial charge in [0, 0.05) is 44.2 Å². The highest BCUT2D eigenvalue weighted by Crippen LogP contribution is 2.52. The first-order chi connectivity index (χ1) is 13.3. The van der Waals surface area contributed by atoms with E-state index in [1.807, 2.05) is 49.3 Å². The molecule has 9 heteroatoms. The molecule has 0 N–H and O–H groups in total. The largest absolute Gasteiger partial charge is 0.378 e. The number of aromatic nitrogens is 1. The van der Waals surface area contributed by atoms with Crippen LogP contribution in [0.2, 0.25) is 0 Å². The summed E-state index contributed by atoms with van der Waals surface area (Å²) in [4.78, 5) is 17.4. The van der Waals surface area contributed by atoms with Crippen LogP contribution in [0.4, 0.5) is 11.5 Å². The number of hydrogen-bond acceptors (Lipinski definition) is 7. The Morgan fingerprint density at radius 1 is 1.04 bits per heavy atom. The molecule has 8 nitrogen and oxygen atoms in total. The van der Waals surface area contributed by atoms with Crippen LogP contribution in [0.5, 0.6) is 0 Å². The fourth-order valence-electron chi connectivity index (χ4n) is 2.79. The van der Waals surface area contributed by atoms with Crippen LogP contribution < -0.4 is 9.91 Å². The lowest BCUT2D eigenvalue weighted by Crippen LogP contribution is -2.13. The molecule has 28 heavy (non-hydrogen) atoms. The van der Waals surface area contributed by atoms with Gasteiger partial charge < -0.3 is 13.9 Å². The predicted octanol–water partition coefficient (Wildman–Crippen LogP) is 4.70. The molecule has 0 saturated carbocycles. The molecule has 0 aliphatic rings. The van der Waals surface area contributed by atoms with Crippen molar-refractivity contribution in [2.45, 2.75) is 20.0 Å². The van der Waals surface area contributed by atoms with Crippen molar-refractivity contribution in [1.29, 1.82) is 0 Å². The van der Waals surface area contributed by atoms with E-state index in [0.29, 0.717) is 11.4 Å². The Hall–Kier alpha value is -2.28. The zero-order valence-electron chi connectivity index (χ0n) is 17.0. The maximum atomic E-state index is 13.0. The number of nitrogens with zero attached hydrogens (tertiary/aromatic N) is 4. The summed E-state index contributed by atoms with van der Waals surface area (Å²) in [6.07, 6.45) is 1.66. The maximum absolute atomic E-state index is 13.0. The molecule has 0 fully saturated rings. The van der Waals surface area contributed by atoms with Gasteiger partial charge in [-0.05, 0) is 37.6 Å². The monoisotopic (exact) mass is 406 g/mol. The molecule has 0 radical (unpaired) electrons. The summed E-state index contributed by atoms with van der Waals surface area (Å²) >= 11 is 0. The molecule has 0 amide bonds. The number of anilines is 2. The van der Waals surface area contributed by atoms with E-state index in [-0.39, 0.29) is 19.4 Å². The zero-order chi connectivity index (χ0) is 20.7. The van der Waals surface area contributed by atoms with Gasteiger partial charge in [-0.25, -0.2) is 9.99 Å². The minimum absolute atomic E-state index is 0.000491. The van der Waals surface area contributed by atoms with Gasteiger partial charge in [0.25, 0.3) is 0 Å². The third-order valence-electron chi connectivity index (χ3n) is 4.10. The minimum atomic E-state index is -3.37. The van der Waals surface area contributed by atoms with Gasteiger partial charge in [0.15, 0.2) is 5.82 Å². The van der Waals surface area contributed by atoms with Crippen molar-refractivity contribution in [2.75, 3.05) is 44.3 Å². The van der Waals surface area contributed by atoms with Crippen molar-refractivity contribution < 1.29 is 13.6 Å². The molecule has 0 saturated heterocycles. The van der Waals surface area contributed by atoms with Crippen LogP contribution in [0.1, 0.15) is 19.4 Å². The van der Waals surface area contributed by atoms with E-state index in [1.165, 1.54) is 7.05 Å². The number of hydrogen-bond donors (Lipinski definition) is 0. The molecule has 0 aliphatic heterocycles. The van der Waals surface area contributed by atoms with Crippen molar-refractivity contribution in [2.24, 2.45) is 5.29 Å². The Morgan fingerprint density at radius 2 is 1.64 bits per heavy atom. The summed E-state index contributed by atoms with van der Waals surface area (Å²) in [7, 11) is 2.08. The van der Waals surface area contributed by atoms with Gasteiger partial charge in [-0.2, -0.15) is 0 Å². The van der Waals surface area contributed by atoms with Crippen molar-refractivity contribution in [3.05, 3.63) is 47.0 Å². The smallest absolute Gasteiger partial charge is 0.335 e. The minimum Gasteiger partial charge on any atom is -0.378 e. The summed E-state index contributed by atoms with van der Waals surface area (Å²) in [5.41, 5.74) is 3.44. The first kappa shape index (κ1) is 22.0. The van der Waals surface area contributed by atoms with Gasteiger partial charge in [-0.3, -0.25) is 4.57 Å². The summed E-state index contributed by atoms with van der Waals surface area (Å²) in [6.45, 7) is 4.03. The molecule has 0 atom stereocenters. The van der Waals surface area contributed by atoms with Gasteiger partial charge in [0.2, 0.25) is 0 Å². The first-order valence-corrected chi connectivity index (χ1v) is 10.8. The lowest BCUT2D eigenvalue weighted by molar-refractivity contribution is 0.219. The zero-order valence-corrected chi connectivity index (χ0v) is 17.8. The highest BCUT2D eigenvalue weighted by atomic mass is 31.2. The highest BCUT2D eigenvalue weighted by molar-refractivity contribution is 7.53. The molecule has 0 unspecified atom stereocenters. The number of benzene rings is 1. The van der Waals surface area contributed by atoms with Crippen LogP contribution in [0.15, 0.2) is 41.8 Å². The SMILES string of the molecule is CCOP(=O)(Cc1cc(-c2ccc(N(C)C)cc2)cnc1N(C)N=O)OCC. The second-order valence-corrected chi connectivity index (χ2v) is 8.41. The Kier molecular flexibility index (Phi) is 7.69. The van der Waals surface area contributed by atoms with E-state index in [4.69, 9.17) is 9.05 Å². The van der Waals surface area contributed by atoms with E-state index < -0.39 is 7.60 Å². The van der Waals surface area contributed by atoms with Crippen molar-refractivity contribution in [3.8, 4) is 11.1 Å². The Labute approximate surface area is 166 Å². The van der Waals surface area contributed by atoms with Crippen LogP contribution in [0.25, 0.3) is 11.1 Å². The number of nitroso groups, excluding NO2 is 1. The van der Waals surface area contributed by atoms with Crippen molar-refractivity contribution in [3.63, 3.8) is 0 Å². The fourth-order valence-corrected chi connectivity index (χ4v) is 4.48. The summed E-state index contributed by atoms with van der Waals surface area (Å²) in [5, 5.41) is 4.03. The molecule has 1 aromatic heterocycles. The molecule has 0 bridgehead atoms. The molecule has 2 rings (SSSR count). The van der Waals surface area contributed by atoms with E-state index in [2.05, 4.69) is 10.3 Å². The molecule has 0 spiro atoms. The van der Waals surface area contributed by atoms with Crippen molar-refractivity contribution >= 4 is 19.1 Å². The number of pyridine rings is 1. The fraction of sp³-hybridized carbons (Fsp3) is 0.421. The molecular weight excluding hydrogens is 379 g/mol. The molecule has 2 aromatic rings. The topological polar surface area (TPSA) is 84.3 Å². The standard InChI is InChI=1S/C19H27N4O4P/c1-6-26-28(25,27-7-2)14-17-12-16(13-20-19(17)23(5)21-24)15-8-10-18(11-9-15)22(3)4/h8-13H,6-7,14H2,1-5H3. The van der Waals surface area contributed by atoms with Gasteiger partial charge in [-0.15, -0.1) is 4.91 Å². The Bertz CT molecular complexity index is 832. The Balaban J connectivity index is 2.47. The Morgan fingerprint density at radius 3 is 2.14 bits per heavy atom. The van der Waals surface area contributed by atoms with Gasteiger partial charge in [0.1, 0.15) is 0 Å². The van der Waals surface area contributed by atoms with E-state index in [9.17, 15) is 9.47 Å². The molecular formula is C19H27N4O4P. The average molecular weight is 406 g/mol. The van der Waals surface area contributed by atoms with E-state index in [1.54, 1.807) is 20.0 Å². The van der Waals surface area contributed by atoms with Gasteiger partial charge in [-0.1, -0.05) is 12.1 Å². The van der Waals surface area contributed by atoms with E-state index >= 15 is 0 Å². The second-order valence-electron chi connectivity index (χ2n) is 6.36. The average Bonchev–Trinajstić information content (AvgIpc) is 2.67. The highest BCUT2D eigenvalue weighted by Gasteiger charge is 2.27. The molecule has 1 aromatic carbocycles. The van der Waals surface area contributed by atoms with Crippen LogP contribution in [0, 0.1) is 4.91 Å². The van der Waals surface area contributed by atoms with E-state index in [0.717, 1.165) is 21.8 Å². The summed E-state index contributed by atoms with van der Waals surface area (Å²) in [6, 6.07) is 9.84. The molecule has 152 valence electrons. The lowest BCUT2D eigenvalue weighted by Gasteiger charge is -2.20. The quantitative estimate of drug-likeness (QED) is 0.321. The third-order valence-corrected chi connectivity index (χ3v) is 6.14. The van der Waals surface area contributed by atoms with Crippen LogP contribution in [0.3, 0.4) is 0 Å². The van der Waals surface area contributed by atoms with Crippen LogP contribution >= 0.6 is 7.60 Å². The summed E-state index contributed by atoms with van der Waals surface area (Å²) in [5.74, 6) is 0.322. The predicted molar refractivity (Wildman–Crippen MR) is 113 cm³/mol. The normalized spacial score (nSPS) is 11.3. The van der Waals surface area contributed by atoms with Crippen LogP contribution in [-0.2, 0) is 19.8 Å². The lowest BCUT2D eigenvalue weighted by atomic mass is 10.1. The molecule has 0 aliphatic carbocycles. The molecule has 1 heterocycles. The maximum Gasteiger partial charge on any atom is 0.335 e. The van der Waals surface area contributed by atoms with Crippen LogP contribution in [-0.4, -0.2) is 39.3 Å². The number of rotatable bonds is 10. The van der Waals surface area contributed by atoms with Crippen molar-refractivity contribution in [1.82, 2.24) is 4.98 Å². The second kappa shape index (κ2) is 9.78. The van der Waals surface area contributed by atoms with Gasteiger partial charge in [0.05, 0.1) is 24.7 Å². The third kappa shape index (κ3) is 5.38. The van der Waals surface area contributed by atoms with Gasteiger partial charge >= 0.3 is 7.60 Å². The first-order valence-electron chi connectivity index (χ1n) is 9.05.